The Balaban J connectivity index is 1.19. The second kappa shape index (κ2) is 16.7. The largest absolute Gasteiger partial charge is 0.457 e. The van der Waals surface area contributed by atoms with Crippen LogP contribution in [-0.4, -0.2) is 6.71 Å². The summed E-state index contributed by atoms with van der Waals surface area (Å²) in [5.74, 6) is 0.960. The first-order chi connectivity index (χ1) is 35.4. The number of nitrogens with zero attached hydrogens (tertiary/aromatic N) is 1. The van der Waals surface area contributed by atoms with E-state index in [0.717, 1.165) is 23.3 Å². The first-order valence-electron chi connectivity index (χ1n) is 26.7. The lowest BCUT2D eigenvalue weighted by Crippen LogP contribution is -2.58. The summed E-state index contributed by atoms with van der Waals surface area (Å²) in [5, 5.41) is 2.50. The van der Waals surface area contributed by atoms with Crippen LogP contribution in [0, 0.1) is 0 Å². The number of benzene rings is 8. The quantitative estimate of drug-likeness (QED) is 0.122. The van der Waals surface area contributed by atoms with Gasteiger partial charge >= 0.3 is 0 Å². The van der Waals surface area contributed by atoms with Crippen LogP contribution in [0.1, 0.15) is 121 Å². The van der Waals surface area contributed by atoms with Gasteiger partial charge in [-0.25, -0.2) is 0 Å². The minimum Gasteiger partial charge on any atom is -0.457 e. The van der Waals surface area contributed by atoms with Crippen molar-refractivity contribution in [1.82, 2.24) is 0 Å². The average molecular weight is 978 g/mol. The SMILES string of the molecule is CC(C)(C)c1ccc(-c2ccc3sc4c(c3c2)N(c2ccc3c(c2)C(C)(C)CCC3(C)C)c2cc(/C(=C\c3ccccc3)c3ccccc3)cc3c2B4c2c(-c4ccccc4)oc4cc(C(C)(C)C)cc-3c24)cc1. The van der Waals surface area contributed by atoms with Crippen molar-refractivity contribution in [1.29, 1.82) is 0 Å². The number of thiophene rings is 1. The molecule has 0 saturated heterocycles. The Morgan fingerprint density at radius 2 is 1.22 bits per heavy atom. The predicted molar refractivity (Wildman–Crippen MR) is 320 cm³/mol. The molecule has 0 atom stereocenters. The van der Waals surface area contributed by atoms with Gasteiger partial charge in [-0.3, -0.25) is 0 Å². The van der Waals surface area contributed by atoms with Gasteiger partial charge in [-0.1, -0.05) is 197 Å². The van der Waals surface area contributed by atoms with Crippen molar-refractivity contribution in [3.8, 4) is 33.6 Å². The van der Waals surface area contributed by atoms with Crippen LogP contribution in [0.4, 0.5) is 17.1 Å². The fourth-order valence-electron chi connectivity index (χ4n) is 12.5. The van der Waals surface area contributed by atoms with Gasteiger partial charge in [-0.05, 0) is 167 Å². The second-order valence-electron chi connectivity index (χ2n) is 24.8. The Bertz CT molecular complexity index is 3890. The minimum absolute atomic E-state index is 0.0145. The van der Waals surface area contributed by atoms with Gasteiger partial charge in [0.15, 0.2) is 0 Å². The maximum atomic E-state index is 7.38. The summed E-state index contributed by atoms with van der Waals surface area (Å²) in [6.07, 6.45) is 4.70. The van der Waals surface area contributed by atoms with Crippen LogP contribution in [0.25, 0.3) is 66.3 Å². The zero-order valence-electron chi connectivity index (χ0n) is 44.6. The van der Waals surface area contributed by atoms with Crippen molar-refractivity contribution >= 4 is 83.5 Å². The van der Waals surface area contributed by atoms with E-state index in [4.69, 9.17) is 4.42 Å². The molecule has 364 valence electrons. The van der Waals surface area contributed by atoms with Crippen LogP contribution < -0.4 is 20.6 Å². The number of fused-ring (bicyclic) bond motifs is 7. The van der Waals surface area contributed by atoms with Gasteiger partial charge in [0.2, 0.25) is 0 Å². The predicted octanol–water partition coefficient (Wildman–Crippen LogP) is 17.8. The van der Waals surface area contributed by atoms with E-state index in [2.05, 4.69) is 256 Å². The summed E-state index contributed by atoms with van der Waals surface area (Å²) < 4.78 is 10.0. The van der Waals surface area contributed by atoms with Gasteiger partial charge in [0.1, 0.15) is 11.3 Å². The average Bonchev–Trinajstić information content (AvgIpc) is 3.99. The van der Waals surface area contributed by atoms with Crippen LogP contribution in [-0.2, 0) is 21.7 Å². The van der Waals surface area contributed by atoms with Gasteiger partial charge in [-0.2, -0.15) is 0 Å². The Kier molecular flexibility index (Phi) is 10.5. The molecule has 8 aromatic carbocycles. The van der Waals surface area contributed by atoms with Gasteiger partial charge < -0.3 is 9.32 Å². The molecule has 4 heterocycles. The van der Waals surface area contributed by atoms with Crippen molar-refractivity contribution in [2.75, 3.05) is 4.90 Å². The van der Waals surface area contributed by atoms with Gasteiger partial charge in [-0.15, -0.1) is 11.3 Å². The van der Waals surface area contributed by atoms with Crippen molar-refractivity contribution in [3.05, 3.63) is 215 Å². The van der Waals surface area contributed by atoms with E-state index in [1.807, 2.05) is 11.3 Å². The van der Waals surface area contributed by atoms with Crippen LogP contribution in [0.15, 0.2) is 180 Å². The molecule has 2 nitrogen and oxygen atoms in total. The number of hydrogen-bond donors (Lipinski definition) is 0. The summed E-state index contributed by atoms with van der Waals surface area (Å²) >= 11 is 1.96. The van der Waals surface area contributed by atoms with E-state index in [1.54, 1.807) is 0 Å². The van der Waals surface area contributed by atoms with Crippen LogP contribution in [0.5, 0.6) is 0 Å². The molecular formula is C70H64BNOS. The third-order valence-corrected chi connectivity index (χ3v) is 18.1. The zero-order valence-corrected chi connectivity index (χ0v) is 45.4. The third-order valence-electron chi connectivity index (χ3n) is 16.9. The van der Waals surface area contributed by atoms with E-state index in [9.17, 15) is 0 Å². The van der Waals surface area contributed by atoms with Gasteiger partial charge in [0.05, 0.1) is 5.69 Å². The second-order valence-corrected chi connectivity index (χ2v) is 25.9. The standard InChI is InChI=1S/C70H64BNOS/c1-67(2,3)49-29-26-44(27-30-49)47-28-33-60-55(37-47)64-66(74-60)71-62-54(53-40-50(68(4,5)6)41-59-61(53)63(71)65(73-59)46-24-18-13-19-25-46)38-48(52(45-22-16-12-17-23-45)36-43-20-14-11-15-21-43)39-58(62)72(64)51-31-32-56-57(42-51)70(9,10)35-34-69(56,7)8/h11-33,36-42H,34-35H2,1-10H3/b52-36-. The highest BCUT2D eigenvalue weighted by atomic mass is 32.1. The van der Waals surface area contributed by atoms with Gasteiger partial charge in [0.25, 0.3) is 6.71 Å². The van der Waals surface area contributed by atoms with E-state index in [0.29, 0.717) is 0 Å². The van der Waals surface area contributed by atoms with Crippen molar-refractivity contribution in [2.24, 2.45) is 0 Å². The molecule has 0 saturated carbocycles. The number of anilines is 3. The molecule has 3 aliphatic rings. The molecular weight excluding hydrogens is 914 g/mol. The topological polar surface area (TPSA) is 16.4 Å². The molecule has 2 aromatic heterocycles. The molecule has 2 aliphatic heterocycles. The van der Waals surface area contributed by atoms with Gasteiger partial charge in [0, 0.05) is 37.2 Å². The van der Waals surface area contributed by atoms with E-state index in [1.165, 1.54) is 121 Å². The molecule has 4 heteroatoms. The summed E-state index contributed by atoms with van der Waals surface area (Å²) in [5.41, 5.74) is 23.6. The van der Waals surface area contributed by atoms with Crippen molar-refractivity contribution < 1.29 is 4.42 Å². The summed E-state index contributed by atoms with van der Waals surface area (Å²) in [7, 11) is 0. The fraction of sp³-hybridized carbons (Fsp3) is 0.229. The maximum Gasteiger partial charge on any atom is 0.265 e. The van der Waals surface area contributed by atoms with Crippen molar-refractivity contribution in [3.63, 3.8) is 0 Å². The molecule has 0 unspecified atom stereocenters. The summed E-state index contributed by atoms with van der Waals surface area (Å²) in [6.45, 7) is 23.6. The highest BCUT2D eigenvalue weighted by molar-refractivity contribution is 7.34. The summed E-state index contributed by atoms with van der Waals surface area (Å²) in [4.78, 5) is 2.70. The lowest BCUT2D eigenvalue weighted by atomic mass is 9.34. The highest BCUT2D eigenvalue weighted by Gasteiger charge is 2.47. The normalized spacial score (nSPS) is 15.6. The minimum atomic E-state index is -0.124. The molecule has 13 rings (SSSR count). The van der Waals surface area contributed by atoms with Crippen LogP contribution in [0.2, 0.25) is 0 Å². The molecule has 0 N–H and O–H groups in total. The molecule has 10 aromatic rings. The molecule has 74 heavy (non-hydrogen) atoms. The molecule has 0 bridgehead atoms. The van der Waals surface area contributed by atoms with Crippen molar-refractivity contribution in [2.45, 2.75) is 104 Å². The monoisotopic (exact) mass is 977 g/mol. The highest BCUT2D eigenvalue weighted by Crippen LogP contribution is 2.53. The Labute approximate surface area is 442 Å². The molecule has 1 aliphatic carbocycles. The first-order valence-corrected chi connectivity index (χ1v) is 27.5. The lowest BCUT2D eigenvalue weighted by molar-refractivity contribution is 0.332. The summed E-state index contributed by atoms with van der Waals surface area (Å²) in [6, 6.07) is 66.6. The first kappa shape index (κ1) is 46.6. The van der Waals surface area contributed by atoms with E-state index >= 15 is 0 Å². The Morgan fingerprint density at radius 3 is 1.91 bits per heavy atom. The van der Waals surface area contributed by atoms with Crippen LogP contribution in [0.3, 0.4) is 0 Å². The zero-order chi connectivity index (χ0) is 51.1. The number of furan rings is 1. The third kappa shape index (κ3) is 7.50. The molecule has 0 radical (unpaired) electrons. The molecule has 0 fully saturated rings. The lowest BCUT2D eigenvalue weighted by Gasteiger charge is -2.43. The van der Waals surface area contributed by atoms with Crippen LogP contribution >= 0.6 is 11.3 Å². The smallest absolute Gasteiger partial charge is 0.265 e. The molecule has 0 spiro atoms. The Hall–Kier alpha value is -7.14. The molecule has 0 amide bonds. The number of rotatable bonds is 6. The Morgan fingerprint density at radius 1 is 0.568 bits per heavy atom. The number of hydrogen-bond acceptors (Lipinski definition) is 3. The van der Waals surface area contributed by atoms with E-state index < -0.39 is 0 Å². The fourth-order valence-corrected chi connectivity index (χ4v) is 13.8. The van der Waals surface area contributed by atoms with E-state index in [-0.39, 0.29) is 28.4 Å². The maximum absolute atomic E-state index is 7.38.